The summed E-state index contributed by atoms with van der Waals surface area (Å²) >= 11 is 0. The van der Waals surface area contributed by atoms with Crippen molar-refractivity contribution in [2.45, 2.75) is 171 Å². The summed E-state index contributed by atoms with van der Waals surface area (Å²) < 4.78 is 16.4. The SMILES string of the molecule is CCCCCCCCCCCCCCCCCC(=O)NC1O[C@H](CO)[C@@H](O[C@@H]2O[C@H](CO)[C@H](O)[C@H](O)[C@H]2O)[C@H](O)[C@H]1O. The van der Waals surface area contributed by atoms with Gasteiger partial charge in [0.05, 0.1) is 13.2 Å². The van der Waals surface area contributed by atoms with Gasteiger partial charge >= 0.3 is 0 Å². The molecule has 248 valence electrons. The van der Waals surface area contributed by atoms with Crippen LogP contribution in [0.2, 0.25) is 0 Å². The quantitative estimate of drug-likeness (QED) is 0.0866. The monoisotopic (exact) mass is 607 g/mol. The highest BCUT2D eigenvalue weighted by atomic mass is 16.7. The fourth-order valence-electron chi connectivity index (χ4n) is 5.60. The molecule has 0 aromatic rings. The first-order valence-electron chi connectivity index (χ1n) is 16.1. The van der Waals surface area contributed by atoms with Crippen LogP contribution < -0.4 is 5.32 Å². The summed E-state index contributed by atoms with van der Waals surface area (Å²) in [4.78, 5) is 12.5. The van der Waals surface area contributed by atoms with Crippen LogP contribution >= 0.6 is 0 Å². The fraction of sp³-hybridized carbons (Fsp3) is 0.967. The van der Waals surface area contributed by atoms with Crippen LogP contribution in [0.5, 0.6) is 0 Å². The minimum atomic E-state index is -1.74. The highest BCUT2D eigenvalue weighted by molar-refractivity contribution is 5.76. The molecule has 0 aromatic carbocycles. The molecule has 2 fully saturated rings. The molecule has 2 aliphatic heterocycles. The van der Waals surface area contributed by atoms with Crippen molar-refractivity contribution in [1.82, 2.24) is 5.32 Å². The number of ether oxygens (including phenoxy) is 3. The Labute approximate surface area is 250 Å². The van der Waals surface area contributed by atoms with E-state index in [0.717, 1.165) is 19.3 Å². The third kappa shape index (κ3) is 12.2. The zero-order valence-corrected chi connectivity index (χ0v) is 25.3. The number of unbranched alkanes of at least 4 members (excludes halogenated alkanes) is 14. The Bertz CT molecular complexity index is 713. The zero-order valence-electron chi connectivity index (χ0n) is 25.3. The number of carbonyl (C=O) groups excluding carboxylic acids is 1. The first-order chi connectivity index (χ1) is 20.2. The van der Waals surface area contributed by atoms with Crippen molar-refractivity contribution in [3.63, 3.8) is 0 Å². The normalized spacial score (nSPS) is 33.5. The summed E-state index contributed by atoms with van der Waals surface area (Å²) in [5, 5.41) is 73.1. The second kappa shape index (κ2) is 20.9. The molecule has 12 nitrogen and oxygen atoms in total. The molecule has 0 spiro atoms. The van der Waals surface area contributed by atoms with Gasteiger partial charge in [0.15, 0.2) is 12.5 Å². The number of carbonyl (C=O) groups is 1. The van der Waals surface area contributed by atoms with Crippen LogP contribution in [0, 0.1) is 0 Å². The average molecular weight is 608 g/mol. The molecule has 1 unspecified atom stereocenters. The molecule has 10 atom stereocenters. The van der Waals surface area contributed by atoms with Gasteiger partial charge in [0.2, 0.25) is 5.91 Å². The Morgan fingerprint density at radius 2 is 1.12 bits per heavy atom. The van der Waals surface area contributed by atoms with E-state index in [1.807, 2.05) is 0 Å². The molecule has 2 saturated heterocycles. The summed E-state index contributed by atoms with van der Waals surface area (Å²) in [6.45, 7) is 0.914. The molecule has 2 rings (SSSR count). The van der Waals surface area contributed by atoms with Crippen LogP contribution in [0.3, 0.4) is 0 Å². The number of aliphatic hydroxyl groups is 7. The smallest absolute Gasteiger partial charge is 0.222 e. The van der Waals surface area contributed by atoms with E-state index in [1.54, 1.807) is 0 Å². The van der Waals surface area contributed by atoms with Crippen LogP contribution in [0.25, 0.3) is 0 Å². The third-order valence-electron chi connectivity index (χ3n) is 8.31. The van der Waals surface area contributed by atoms with Gasteiger partial charge < -0.3 is 55.3 Å². The Hall–Kier alpha value is -0.930. The second-order valence-electron chi connectivity index (χ2n) is 11.8. The zero-order chi connectivity index (χ0) is 30.9. The number of hydrogen-bond acceptors (Lipinski definition) is 11. The molecule has 8 N–H and O–H groups in total. The second-order valence-corrected chi connectivity index (χ2v) is 11.8. The van der Waals surface area contributed by atoms with E-state index in [4.69, 9.17) is 14.2 Å². The van der Waals surface area contributed by atoms with E-state index in [1.165, 1.54) is 70.6 Å². The van der Waals surface area contributed by atoms with Crippen molar-refractivity contribution in [2.75, 3.05) is 13.2 Å². The summed E-state index contributed by atoms with van der Waals surface area (Å²) in [6, 6.07) is 0. The van der Waals surface area contributed by atoms with Crippen LogP contribution in [0.15, 0.2) is 0 Å². The molecule has 0 aromatic heterocycles. The summed E-state index contributed by atoms with van der Waals surface area (Å²) in [5.41, 5.74) is 0. The topological polar surface area (TPSA) is 198 Å². The molecule has 2 aliphatic rings. The van der Waals surface area contributed by atoms with Crippen LogP contribution in [-0.2, 0) is 19.0 Å². The minimum Gasteiger partial charge on any atom is -0.394 e. The van der Waals surface area contributed by atoms with E-state index < -0.39 is 74.6 Å². The lowest BCUT2D eigenvalue weighted by Crippen LogP contribution is -2.66. The van der Waals surface area contributed by atoms with Gasteiger partial charge in [0.25, 0.3) is 0 Å². The maximum absolute atomic E-state index is 12.5. The van der Waals surface area contributed by atoms with Gasteiger partial charge in [0.1, 0.15) is 48.8 Å². The van der Waals surface area contributed by atoms with Gasteiger partial charge in [-0.25, -0.2) is 0 Å². The standard InChI is InChI=1S/C30H57NO11/c1-2-3-4-5-6-7-8-9-10-11-12-13-14-15-16-17-22(34)31-29-26(38)25(37)28(21(19-33)40-29)42-30-27(39)24(36)23(35)20(18-32)41-30/h20-21,23-30,32-33,35-39H,2-19H2,1H3,(H,31,34)/t20-,21-,23+,24+,25-,26-,27-,28-,29?,30+/m1/s1. The molecule has 0 bridgehead atoms. The Balaban J connectivity index is 1.62. The molecule has 0 aliphatic carbocycles. The summed E-state index contributed by atoms with van der Waals surface area (Å²) in [6.07, 6.45) is 3.46. The minimum absolute atomic E-state index is 0.232. The molecule has 1 amide bonds. The number of rotatable bonds is 21. The Kier molecular flexibility index (Phi) is 18.6. The maximum Gasteiger partial charge on any atom is 0.222 e. The van der Waals surface area contributed by atoms with Gasteiger partial charge in [-0.05, 0) is 6.42 Å². The van der Waals surface area contributed by atoms with Crippen molar-refractivity contribution in [2.24, 2.45) is 0 Å². The van der Waals surface area contributed by atoms with Gasteiger partial charge in [-0.2, -0.15) is 0 Å². The summed E-state index contributed by atoms with van der Waals surface area (Å²) in [7, 11) is 0. The van der Waals surface area contributed by atoms with Gasteiger partial charge in [0, 0.05) is 6.42 Å². The molecule has 0 radical (unpaired) electrons. The third-order valence-corrected chi connectivity index (χ3v) is 8.31. The largest absolute Gasteiger partial charge is 0.394 e. The van der Waals surface area contributed by atoms with Crippen LogP contribution in [-0.4, -0.2) is 116 Å². The predicted molar refractivity (Wildman–Crippen MR) is 154 cm³/mol. The fourth-order valence-corrected chi connectivity index (χ4v) is 5.60. The average Bonchev–Trinajstić information content (AvgIpc) is 2.98. The Morgan fingerprint density at radius 1 is 0.619 bits per heavy atom. The maximum atomic E-state index is 12.5. The van der Waals surface area contributed by atoms with Crippen LogP contribution in [0.1, 0.15) is 110 Å². The van der Waals surface area contributed by atoms with Crippen LogP contribution in [0.4, 0.5) is 0 Å². The molecular formula is C30H57NO11. The van der Waals surface area contributed by atoms with E-state index in [2.05, 4.69) is 12.2 Å². The van der Waals surface area contributed by atoms with Gasteiger partial charge in [-0.15, -0.1) is 0 Å². The number of amides is 1. The van der Waals surface area contributed by atoms with Crippen molar-refractivity contribution in [1.29, 1.82) is 0 Å². The molecule has 0 saturated carbocycles. The number of aliphatic hydroxyl groups excluding tert-OH is 7. The van der Waals surface area contributed by atoms with E-state index in [0.29, 0.717) is 6.42 Å². The first kappa shape index (κ1) is 37.3. The highest BCUT2D eigenvalue weighted by Crippen LogP contribution is 2.28. The molecule has 2 heterocycles. The van der Waals surface area contributed by atoms with Gasteiger partial charge in [-0.3, -0.25) is 4.79 Å². The summed E-state index contributed by atoms with van der Waals surface area (Å²) in [5.74, 6) is -0.356. The lowest BCUT2D eigenvalue weighted by atomic mass is 9.96. The molecule has 12 heteroatoms. The lowest BCUT2D eigenvalue weighted by Gasteiger charge is -2.46. The van der Waals surface area contributed by atoms with E-state index >= 15 is 0 Å². The molecular weight excluding hydrogens is 550 g/mol. The van der Waals surface area contributed by atoms with Gasteiger partial charge in [-0.1, -0.05) is 96.8 Å². The number of nitrogens with one attached hydrogen (secondary N) is 1. The highest BCUT2D eigenvalue weighted by Gasteiger charge is 2.50. The van der Waals surface area contributed by atoms with E-state index in [9.17, 15) is 40.5 Å². The van der Waals surface area contributed by atoms with Crippen molar-refractivity contribution in [3.8, 4) is 0 Å². The Morgan fingerprint density at radius 3 is 1.62 bits per heavy atom. The van der Waals surface area contributed by atoms with Crippen molar-refractivity contribution >= 4 is 5.91 Å². The van der Waals surface area contributed by atoms with Crippen molar-refractivity contribution in [3.05, 3.63) is 0 Å². The lowest BCUT2D eigenvalue weighted by molar-refractivity contribution is -0.343. The number of hydrogen-bond donors (Lipinski definition) is 8. The predicted octanol–water partition coefficient (Wildman–Crippen LogP) is 0.988. The van der Waals surface area contributed by atoms with Crippen molar-refractivity contribution < 1.29 is 54.8 Å². The van der Waals surface area contributed by atoms with E-state index in [-0.39, 0.29) is 12.3 Å². The first-order valence-corrected chi connectivity index (χ1v) is 16.1. The molecule has 42 heavy (non-hydrogen) atoms.